The number of carbonyl (C=O) groups excluding carboxylic acids is 1. The first-order valence-electron chi connectivity index (χ1n) is 6.50. The summed E-state index contributed by atoms with van der Waals surface area (Å²) in [5, 5.41) is 0.587. The van der Waals surface area contributed by atoms with E-state index in [4.69, 9.17) is 21.1 Å². The molecule has 3 nitrogen and oxygen atoms in total. The van der Waals surface area contributed by atoms with Crippen LogP contribution in [-0.4, -0.2) is 12.6 Å². The maximum atomic E-state index is 12.3. The molecule has 0 aliphatic rings. The second kappa shape index (κ2) is 7.48. The molecule has 0 atom stereocenters. The van der Waals surface area contributed by atoms with Crippen molar-refractivity contribution in [2.45, 2.75) is 13.3 Å². The predicted molar refractivity (Wildman–Crippen MR) is 86.3 cm³/mol. The molecule has 0 bridgehead atoms. The fraction of sp³-hybridized carbons (Fsp3) is 0.188. The van der Waals surface area contributed by atoms with Crippen molar-refractivity contribution in [3.05, 3.63) is 57.5 Å². The van der Waals surface area contributed by atoms with Crippen LogP contribution in [0.15, 0.2) is 46.9 Å². The van der Waals surface area contributed by atoms with Gasteiger partial charge in [-0.05, 0) is 48.9 Å². The molecule has 5 heteroatoms. The predicted octanol–water partition coefficient (Wildman–Crippen LogP) is 5.11. The first-order valence-corrected chi connectivity index (χ1v) is 7.67. The van der Waals surface area contributed by atoms with Crippen LogP contribution in [-0.2, 0) is 0 Å². The van der Waals surface area contributed by atoms with Crippen molar-refractivity contribution >= 4 is 33.5 Å². The third-order valence-corrected chi connectivity index (χ3v) is 3.39. The van der Waals surface area contributed by atoms with Gasteiger partial charge < -0.3 is 9.47 Å². The third kappa shape index (κ3) is 4.48. The van der Waals surface area contributed by atoms with E-state index >= 15 is 0 Å². The van der Waals surface area contributed by atoms with E-state index in [-0.39, 0.29) is 0 Å². The number of rotatable bonds is 5. The number of carbonyl (C=O) groups is 1. The minimum atomic E-state index is -0.468. The third-order valence-electron chi connectivity index (χ3n) is 2.65. The smallest absolute Gasteiger partial charge is 0.347 e. The van der Waals surface area contributed by atoms with Crippen LogP contribution in [0.25, 0.3) is 0 Å². The maximum Gasteiger partial charge on any atom is 0.347 e. The van der Waals surface area contributed by atoms with E-state index in [1.54, 1.807) is 36.4 Å². The summed E-state index contributed by atoms with van der Waals surface area (Å²) in [6, 6.07) is 11.9. The lowest BCUT2D eigenvalue weighted by atomic mass is 10.2. The number of hydrogen-bond acceptors (Lipinski definition) is 3. The van der Waals surface area contributed by atoms with Crippen molar-refractivity contribution in [2.24, 2.45) is 0 Å². The monoisotopic (exact) mass is 368 g/mol. The van der Waals surface area contributed by atoms with Gasteiger partial charge in [0.25, 0.3) is 0 Å². The molecule has 0 aromatic heterocycles. The van der Waals surface area contributed by atoms with Crippen molar-refractivity contribution in [3.63, 3.8) is 0 Å². The minimum absolute atomic E-state index is 0.382. The Morgan fingerprint density at radius 2 is 1.90 bits per heavy atom. The molecule has 0 amide bonds. The molecule has 2 aromatic carbocycles. The minimum Gasteiger partial charge on any atom is -0.493 e. The highest BCUT2D eigenvalue weighted by Crippen LogP contribution is 2.25. The zero-order chi connectivity index (χ0) is 15.2. The molecule has 0 aliphatic heterocycles. The highest BCUT2D eigenvalue weighted by molar-refractivity contribution is 9.10. The van der Waals surface area contributed by atoms with Gasteiger partial charge in [-0.25, -0.2) is 4.79 Å². The molecule has 0 saturated heterocycles. The Morgan fingerprint density at radius 1 is 1.19 bits per heavy atom. The number of halogens is 2. The Kier molecular flexibility index (Phi) is 5.65. The Balaban J connectivity index is 2.20. The molecule has 110 valence electrons. The first-order chi connectivity index (χ1) is 10.1. The van der Waals surface area contributed by atoms with E-state index in [0.29, 0.717) is 28.7 Å². The average molecular weight is 370 g/mol. The van der Waals surface area contributed by atoms with Gasteiger partial charge in [-0.1, -0.05) is 34.5 Å². The molecule has 0 N–H and O–H groups in total. The van der Waals surface area contributed by atoms with Gasteiger partial charge in [0.1, 0.15) is 17.1 Å². The van der Waals surface area contributed by atoms with E-state index in [1.165, 1.54) is 0 Å². The standard InChI is InChI=1S/C16H14BrClO3/c1-2-9-20-15-8-3-11(17)10-14(15)16(19)21-13-6-4-12(18)5-7-13/h3-8,10H,2,9H2,1H3. The largest absolute Gasteiger partial charge is 0.493 e. The first kappa shape index (κ1) is 15.9. The Morgan fingerprint density at radius 3 is 2.57 bits per heavy atom. The van der Waals surface area contributed by atoms with E-state index in [9.17, 15) is 4.79 Å². The fourth-order valence-electron chi connectivity index (χ4n) is 1.66. The normalized spacial score (nSPS) is 10.2. The molecule has 2 rings (SSSR count). The van der Waals surface area contributed by atoms with Crippen molar-refractivity contribution in [1.82, 2.24) is 0 Å². The van der Waals surface area contributed by atoms with Crippen LogP contribution in [0, 0.1) is 0 Å². The molecule has 0 heterocycles. The number of ether oxygens (including phenoxy) is 2. The van der Waals surface area contributed by atoms with Gasteiger partial charge in [-0.2, -0.15) is 0 Å². The van der Waals surface area contributed by atoms with Crippen molar-refractivity contribution in [1.29, 1.82) is 0 Å². The highest BCUT2D eigenvalue weighted by Gasteiger charge is 2.15. The van der Waals surface area contributed by atoms with Crippen LogP contribution in [0.1, 0.15) is 23.7 Å². The van der Waals surface area contributed by atoms with Crippen molar-refractivity contribution in [3.8, 4) is 11.5 Å². The lowest BCUT2D eigenvalue weighted by molar-refractivity contribution is 0.0730. The van der Waals surface area contributed by atoms with Gasteiger partial charge >= 0.3 is 5.97 Å². The molecular weight excluding hydrogens is 356 g/mol. The lowest BCUT2D eigenvalue weighted by Crippen LogP contribution is -2.11. The van der Waals surface area contributed by atoms with E-state index in [0.717, 1.165) is 10.9 Å². The molecule has 2 aromatic rings. The summed E-state index contributed by atoms with van der Waals surface area (Å²) in [5.41, 5.74) is 0.382. The van der Waals surface area contributed by atoms with Crippen LogP contribution >= 0.6 is 27.5 Å². The summed E-state index contributed by atoms with van der Waals surface area (Å²) in [6.45, 7) is 2.55. The quantitative estimate of drug-likeness (QED) is 0.542. The molecule has 0 unspecified atom stereocenters. The van der Waals surface area contributed by atoms with E-state index in [1.807, 2.05) is 13.0 Å². The lowest BCUT2D eigenvalue weighted by Gasteiger charge is -2.11. The molecular formula is C16H14BrClO3. The second-order valence-corrected chi connectivity index (χ2v) is 5.68. The summed E-state index contributed by atoms with van der Waals surface area (Å²) in [6.07, 6.45) is 0.863. The van der Waals surface area contributed by atoms with Gasteiger partial charge in [-0.15, -0.1) is 0 Å². The van der Waals surface area contributed by atoms with Gasteiger partial charge in [0.05, 0.1) is 6.61 Å². The molecule has 0 fully saturated rings. The summed E-state index contributed by atoms with van der Waals surface area (Å²) in [7, 11) is 0. The molecule has 21 heavy (non-hydrogen) atoms. The average Bonchev–Trinajstić information content (AvgIpc) is 2.48. The van der Waals surface area contributed by atoms with E-state index < -0.39 is 5.97 Å². The highest BCUT2D eigenvalue weighted by atomic mass is 79.9. The summed E-state index contributed by atoms with van der Waals surface area (Å²) < 4.78 is 11.7. The Hall–Kier alpha value is -1.52. The van der Waals surface area contributed by atoms with Crippen LogP contribution < -0.4 is 9.47 Å². The van der Waals surface area contributed by atoms with Gasteiger partial charge in [-0.3, -0.25) is 0 Å². The summed E-state index contributed by atoms with van der Waals surface area (Å²) in [4.78, 5) is 12.3. The fourth-order valence-corrected chi connectivity index (χ4v) is 2.15. The number of esters is 1. The SMILES string of the molecule is CCCOc1ccc(Br)cc1C(=O)Oc1ccc(Cl)cc1. The summed E-state index contributed by atoms with van der Waals surface area (Å²) in [5.74, 6) is 0.481. The molecule has 0 radical (unpaired) electrons. The van der Waals surface area contributed by atoms with Gasteiger partial charge in [0.15, 0.2) is 0 Å². The van der Waals surface area contributed by atoms with Gasteiger partial charge in [0.2, 0.25) is 0 Å². The topological polar surface area (TPSA) is 35.5 Å². The number of benzene rings is 2. The second-order valence-electron chi connectivity index (χ2n) is 4.33. The number of hydrogen-bond donors (Lipinski definition) is 0. The zero-order valence-corrected chi connectivity index (χ0v) is 13.8. The zero-order valence-electron chi connectivity index (χ0n) is 11.4. The van der Waals surface area contributed by atoms with Gasteiger partial charge in [0, 0.05) is 9.50 Å². The Labute approximate surface area is 137 Å². The maximum absolute atomic E-state index is 12.3. The molecule has 0 aliphatic carbocycles. The van der Waals surface area contributed by atoms with Crippen LogP contribution in [0.5, 0.6) is 11.5 Å². The molecule has 0 saturated carbocycles. The van der Waals surface area contributed by atoms with Crippen LogP contribution in [0.3, 0.4) is 0 Å². The van der Waals surface area contributed by atoms with Crippen molar-refractivity contribution < 1.29 is 14.3 Å². The van der Waals surface area contributed by atoms with Crippen LogP contribution in [0.2, 0.25) is 5.02 Å². The van der Waals surface area contributed by atoms with Crippen molar-refractivity contribution in [2.75, 3.05) is 6.61 Å². The Bertz CT molecular complexity index is 626. The molecule has 0 spiro atoms. The van der Waals surface area contributed by atoms with E-state index in [2.05, 4.69) is 15.9 Å². The van der Waals surface area contributed by atoms with Crippen LogP contribution in [0.4, 0.5) is 0 Å². The summed E-state index contributed by atoms with van der Waals surface area (Å²) >= 11 is 9.15.